The smallest absolute Gasteiger partial charge is 0.165 e. The molecule has 6 heteroatoms. The molecular formula is C14H15ClN4S. The summed E-state index contributed by atoms with van der Waals surface area (Å²) >= 11 is 8.26. The molecule has 4 nitrogen and oxygen atoms in total. The summed E-state index contributed by atoms with van der Waals surface area (Å²) in [7, 11) is 0. The highest BCUT2D eigenvalue weighted by Gasteiger charge is 2.54. The minimum Gasteiger partial charge on any atom is -0.312 e. The van der Waals surface area contributed by atoms with E-state index in [9.17, 15) is 0 Å². The quantitative estimate of drug-likeness (QED) is 0.760. The summed E-state index contributed by atoms with van der Waals surface area (Å²) in [5.74, 6) is 6.36. The van der Waals surface area contributed by atoms with Gasteiger partial charge in [0.05, 0.1) is 6.33 Å². The van der Waals surface area contributed by atoms with Crippen LogP contribution in [-0.4, -0.2) is 31.0 Å². The Morgan fingerprint density at radius 2 is 2.00 bits per heavy atom. The third kappa shape index (κ3) is 1.43. The van der Waals surface area contributed by atoms with Gasteiger partial charge in [0.25, 0.3) is 0 Å². The van der Waals surface area contributed by atoms with E-state index in [1.54, 1.807) is 6.33 Å². The molecule has 2 saturated carbocycles. The molecule has 2 aromatic rings. The molecule has 3 fully saturated rings. The summed E-state index contributed by atoms with van der Waals surface area (Å²) in [5.41, 5.74) is 1.65. The summed E-state index contributed by atoms with van der Waals surface area (Å²) in [6.45, 7) is 0. The average molecular weight is 307 g/mol. The average Bonchev–Trinajstić information content (AvgIpc) is 3.19. The fourth-order valence-electron chi connectivity index (χ4n) is 4.80. The van der Waals surface area contributed by atoms with Crippen LogP contribution < -0.4 is 0 Å². The molecule has 104 valence electrons. The van der Waals surface area contributed by atoms with Crippen molar-refractivity contribution in [2.45, 2.75) is 18.9 Å². The molecule has 0 N–H and O–H groups in total. The van der Waals surface area contributed by atoms with Gasteiger partial charge < -0.3 is 4.57 Å². The molecule has 0 aromatic carbocycles. The Morgan fingerprint density at radius 3 is 2.95 bits per heavy atom. The number of aromatic nitrogens is 4. The second kappa shape index (κ2) is 4.10. The van der Waals surface area contributed by atoms with Gasteiger partial charge in [-0.2, -0.15) is 11.8 Å². The monoisotopic (exact) mass is 306 g/mol. The largest absolute Gasteiger partial charge is 0.312 e. The maximum atomic E-state index is 6.11. The van der Waals surface area contributed by atoms with Gasteiger partial charge in [0.15, 0.2) is 10.8 Å². The van der Waals surface area contributed by atoms with Gasteiger partial charge in [-0.3, -0.25) is 0 Å². The van der Waals surface area contributed by atoms with E-state index in [1.165, 1.54) is 24.3 Å². The first kappa shape index (κ1) is 11.8. The number of hydrogen-bond donors (Lipinski definition) is 0. The molecule has 0 radical (unpaired) electrons. The minimum atomic E-state index is 0.464. The number of hydrogen-bond acceptors (Lipinski definition) is 4. The highest BCUT2D eigenvalue weighted by molar-refractivity contribution is 7.99. The summed E-state index contributed by atoms with van der Waals surface area (Å²) in [6.07, 6.45) is 6.16. The first-order valence-corrected chi connectivity index (χ1v) is 8.77. The van der Waals surface area contributed by atoms with E-state index in [0.29, 0.717) is 11.2 Å². The van der Waals surface area contributed by atoms with E-state index in [0.717, 1.165) is 34.8 Å². The SMILES string of the molecule is Clc1ncnc2c1ncn2C1C[C@H]2C[C@@H]1[C@@H]1CSC[C@H]21. The summed E-state index contributed by atoms with van der Waals surface area (Å²) in [4.78, 5) is 12.9. The molecule has 2 aliphatic carbocycles. The minimum absolute atomic E-state index is 0.464. The Labute approximate surface area is 126 Å². The van der Waals surface area contributed by atoms with E-state index in [2.05, 4.69) is 31.3 Å². The standard InChI is InChI=1S/C14H15ClN4S/c15-13-12-14(17-5-16-13)19(6-18-12)11-2-7-1-8(11)10-4-20-3-9(7)10/h5-11H,1-4H2/t7-,8-,9-,10+,11?/m1/s1. The normalized spacial score (nSPS) is 38.8. The molecule has 0 spiro atoms. The van der Waals surface area contributed by atoms with Crippen LogP contribution >= 0.6 is 23.4 Å². The maximum absolute atomic E-state index is 6.11. The zero-order valence-electron chi connectivity index (χ0n) is 10.9. The van der Waals surface area contributed by atoms with E-state index in [4.69, 9.17) is 11.6 Å². The number of halogens is 1. The fraction of sp³-hybridized carbons (Fsp3) is 0.643. The molecule has 5 rings (SSSR count). The molecule has 5 atom stereocenters. The summed E-state index contributed by atoms with van der Waals surface area (Å²) < 4.78 is 2.27. The lowest BCUT2D eigenvalue weighted by atomic mass is 9.79. The van der Waals surface area contributed by atoms with Crippen LogP contribution in [0.2, 0.25) is 5.15 Å². The van der Waals surface area contributed by atoms with Crippen LogP contribution in [0.4, 0.5) is 0 Å². The zero-order valence-corrected chi connectivity index (χ0v) is 12.5. The van der Waals surface area contributed by atoms with Gasteiger partial charge in [-0.1, -0.05) is 11.6 Å². The predicted molar refractivity (Wildman–Crippen MR) is 79.9 cm³/mol. The highest BCUT2D eigenvalue weighted by Crippen LogP contribution is 2.61. The van der Waals surface area contributed by atoms with E-state index in [-0.39, 0.29) is 0 Å². The summed E-state index contributed by atoms with van der Waals surface area (Å²) in [6, 6.07) is 0.566. The highest BCUT2D eigenvalue weighted by atomic mass is 35.5. The van der Waals surface area contributed by atoms with Gasteiger partial charge in [0.2, 0.25) is 0 Å². The molecule has 20 heavy (non-hydrogen) atoms. The second-order valence-electron chi connectivity index (χ2n) is 6.32. The Morgan fingerprint density at radius 1 is 1.10 bits per heavy atom. The van der Waals surface area contributed by atoms with Gasteiger partial charge in [-0.25, -0.2) is 15.0 Å². The van der Waals surface area contributed by atoms with Crippen LogP contribution in [-0.2, 0) is 0 Å². The van der Waals surface area contributed by atoms with E-state index < -0.39 is 0 Å². The van der Waals surface area contributed by atoms with Crippen LogP contribution in [0.25, 0.3) is 11.2 Å². The molecule has 2 aromatic heterocycles. The molecule has 2 bridgehead atoms. The number of thioether (sulfide) groups is 1. The van der Waals surface area contributed by atoms with Crippen molar-refractivity contribution in [3.63, 3.8) is 0 Å². The molecule has 1 unspecified atom stereocenters. The molecule has 3 heterocycles. The van der Waals surface area contributed by atoms with Gasteiger partial charge in [0, 0.05) is 6.04 Å². The Bertz CT molecular complexity index is 687. The van der Waals surface area contributed by atoms with Crippen LogP contribution in [0.5, 0.6) is 0 Å². The predicted octanol–water partition coefficient (Wildman–Crippen LogP) is 3.04. The van der Waals surface area contributed by atoms with E-state index in [1.807, 2.05) is 6.33 Å². The molecular weight excluding hydrogens is 292 g/mol. The van der Waals surface area contributed by atoms with Crippen molar-refractivity contribution < 1.29 is 0 Å². The number of rotatable bonds is 1. The van der Waals surface area contributed by atoms with Crippen molar-refractivity contribution in [1.29, 1.82) is 0 Å². The van der Waals surface area contributed by atoms with Gasteiger partial charge in [-0.05, 0) is 48.0 Å². The molecule has 1 aliphatic heterocycles. The second-order valence-corrected chi connectivity index (χ2v) is 7.75. The van der Waals surface area contributed by atoms with Crippen molar-refractivity contribution >= 4 is 34.5 Å². The van der Waals surface area contributed by atoms with E-state index >= 15 is 0 Å². The number of imidazole rings is 1. The van der Waals surface area contributed by atoms with Crippen LogP contribution in [0.3, 0.4) is 0 Å². The Kier molecular flexibility index (Phi) is 2.42. The van der Waals surface area contributed by atoms with Crippen LogP contribution in [0.15, 0.2) is 12.7 Å². The third-order valence-corrected chi connectivity index (χ3v) is 7.13. The first-order valence-electron chi connectivity index (χ1n) is 7.23. The molecule has 0 amide bonds. The molecule has 1 saturated heterocycles. The number of fused-ring (bicyclic) bond motifs is 6. The topological polar surface area (TPSA) is 43.6 Å². The van der Waals surface area contributed by atoms with Gasteiger partial charge in [-0.15, -0.1) is 0 Å². The fourth-order valence-corrected chi connectivity index (χ4v) is 6.67. The third-order valence-electron chi connectivity index (χ3n) is 5.61. The zero-order chi connectivity index (χ0) is 13.3. The Hall–Kier alpha value is -0.810. The van der Waals surface area contributed by atoms with Gasteiger partial charge >= 0.3 is 0 Å². The first-order chi connectivity index (χ1) is 9.83. The number of nitrogens with zero attached hydrogens (tertiary/aromatic N) is 4. The van der Waals surface area contributed by atoms with Crippen LogP contribution in [0.1, 0.15) is 18.9 Å². The lowest BCUT2D eigenvalue weighted by molar-refractivity contribution is 0.210. The van der Waals surface area contributed by atoms with Crippen LogP contribution in [0, 0.1) is 23.7 Å². The Balaban J connectivity index is 1.59. The van der Waals surface area contributed by atoms with Crippen molar-refractivity contribution in [3.05, 3.63) is 17.8 Å². The summed E-state index contributed by atoms with van der Waals surface area (Å²) in [5, 5.41) is 0.464. The molecule has 3 aliphatic rings. The lowest BCUT2D eigenvalue weighted by Crippen LogP contribution is -2.28. The van der Waals surface area contributed by atoms with Crippen molar-refractivity contribution in [1.82, 2.24) is 19.5 Å². The van der Waals surface area contributed by atoms with Crippen molar-refractivity contribution in [2.24, 2.45) is 23.7 Å². The van der Waals surface area contributed by atoms with Crippen molar-refractivity contribution in [3.8, 4) is 0 Å². The maximum Gasteiger partial charge on any atom is 0.165 e. The van der Waals surface area contributed by atoms with Crippen molar-refractivity contribution in [2.75, 3.05) is 11.5 Å². The van der Waals surface area contributed by atoms with Gasteiger partial charge in [0.1, 0.15) is 11.8 Å². The lowest BCUT2D eigenvalue weighted by Gasteiger charge is -2.31.